The normalized spacial score (nSPS) is 16.6. The Morgan fingerprint density at radius 1 is 1.00 bits per heavy atom. The topological polar surface area (TPSA) is 29.5 Å². The summed E-state index contributed by atoms with van der Waals surface area (Å²) in [6.07, 6.45) is 5.29. The minimum absolute atomic E-state index is 0.288. The van der Waals surface area contributed by atoms with Gasteiger partial charge in [-0.15, -0.1) is 0 Å². The fraction of sp³-hybridized carbons (Fsp3) is 0.409. The molecule has 0 spiro atoms. The number of carbonyl (C=O) groups is 1. The maximum absolute atomic E-state index is 11.7. The molecule has 2 aromatic carbocycles. The van der Waals surface area contributed by atoms with Crippen molar-refractivity contribution in [2.24, 2.45) is 0 Å². The molecule has 2 aromatic rings. The lowest BCUT2D eigenvalue weighted by atomic mass is 10.0. The molecule has 2 aliphatic carbocycles. The molecule has 3 nitrogen and oxygen atoms in total. The molecule has 0 saturated heterocycles. The van der Waals surface area contributed by atoms with Crippen molar-refractivity contribution in [2.45, 2.75) is 44.4 Å². The van der Waals surface area contributed by atoms with Crippen LogP contribution in [-0.4, -0.2) is 20.1 Å². The average Bonchev–Trinajstić information content (AvgIpc) is 3.51. The number of esters is 1. The molecule has 0 aromatic heterocycles. The van der Waals surface area contributed by atoms with E-state index >= 15 is 0 Å². The van der Waals surface area contributed by atoms with Crippen LogP contribution in [0.25, 0.3) is 0 Å². The summed E-state index contributed by atoms with van der Waals surface area (Å²) in [5.41, 5.74) is 7.05. The van der Waals surface area contributed by atoms with Gasteiger partial charge in [0, 0.05) is 18.4 Å². The van der Waals surface area contributed by atoms with E-state index in [2.05, 4.69) is 30.1 Å². The van der Waals surface area contributed by atoms with Crippen molar-refractivity contribution in [3.63, 3.8) is 0 Å². The largest absolute Gasteiger partial charge is 0.465 e. The molecule has 0 aliphatic heterocycles. The van der Waals surface area contributed by atoms with Gasteiger partial charge in [-0.2, -0.15) is 0 Å². The van der Waals surface area contributed by atoms with E-state index in [1.807, 2.05) is 25.1 Å². The zero-order valence-electron chi connectivity index (χ0n) is 15.2. The molecule has 0 atom stereocenters. The Hall–Kier alpha value is -2.29. The summed E-state index contributed by atoms with van der Waals surface area (Å²) in [5.74, 6) is 1.23. The average molecular weight is 335 g/mol. The Morgan fingerprint density at radius 2 is 1.60 bits per heavy atom. The van der Waals surface area contributed by atoms with E-state index in [1.54, 1.807) is 0 Å². The second-order valence-electron chi connectivity index (χ2n) is 7.46. The van der Waals surface area contributed by atoms with Gasteiger partial charge in [0.2, 0.25) is 0 Å². The van der Waals surface area contributed by atoms with E-state index in [1.165, 1.54) is 49.6 Å². The van der Waals surface area contributed by atoms with Crippen LogP contribution in [0.5, 0.6) is 0 Å². The van der Waals surface area contributed by atoms with E-state index in [0.717, 1.165) is 23.1 Å². The summed E-state index contributed by atoms with van der Waals surface area (Å²) >= 11 is 0. The first kappa shape index (κ1) is 16.2. The van der Waals surface area contributed by atoms with Gasteiger partial charge in [0.05, 0.1) is 12.7 Å². The van der Waals surface area contributed by atoms with Crippen LogP contribution in [0.4, 0.5) is 11.4 Å². The highest BCUT2D eigenvalue weighted by Crippen LogP contribution is 2.47. The van der Waals surface area contributed by atoms with Crippen LogP contribution >= 0.6 is 0 Å². The summed E-state index contributed by atoms with van der Waals surface area (Å²) < 4.78 is 4.82. The summed E-state index contributed by atoms with van der Waals surface area (Å²) in [5, 5.41) is 0. The maximum atomic E-state index is 11.7. The molecule has 0 amide bonds. The number of aryl methyl sites for hydroxylation is 1. The summed E-state index contributed by atoms with van der Waals surface area (Å²) in [6.45, 7) is 2.05. The highest BCUT2D eigenvalue weighted by atomic mass is 16.5. The fourth-order valence-electron chi connectivity index (χ4n) is 3.57. The molecule has 2 aliphatic rings. The summed E-state index contributed by atoms with van der Waals surface area (Å²) in [7, 11) is 3.53. The highest BCUT2D eigenvalue weighted by Gasteiger charge is 2.29. The summed E-state index contributed by atoms with van der Waals surface area (Å²) in [6, 6.07) is 12.9. The van der Waals surface area contributed by atoms with E-state index in [4.69, 9.17) is 4.74 Å². The lowest BCUT2D eigenvalue weighted by Crippen LogP contribution is -2.12. The molecular weight excluding hydrogens is 310 g/mol. The number of benzene rings is 2. The molecule has 3 heteroatoms. The third-order valence-corrected chi connectivity index (χ3v) is 5.43. The van der Waals surface area contributed by atoms with Crippen molar-refractivity contribution < 1.29 is 9.53 Å². The van der Waals surface area contributed by atoms with Crippen molar-refractivity contribution in [3.05, 3.63) is 58.7 Å². The molecule has 4 rings (SSSR count). The first-order valence-electron chi connectivity index (χ1n) is 9.14. The highest BCUT2D eigenvalue weighted by molar-refractivity contribution is 5.90. The van der Waals surface area contributed by atoms with E-state index in [9.17, 15) is 4.79 Å². The van der Waals surface area contributed by atoms with Gasteiger partial charge < -0.3 is 9.64 Å². The Bertz CT molecular complexity index is 789. The van der Waals surface area contributed by atoms with Crippen LogP contribution in [0.3, 0.4) is 0 Å². The number of nitrogens with zero attached hydrogens (tertiary/aromatic N) is 1. The number of carbonyl (C=O) groups excluding carboxylic acids is 1. The standard InChI is InChI=1S/C22H25NO2/c1-14-10-17(22(24)25-3)8-9-21(14)23(2)20-12-18(15-4-5-15)11-19(13-20)16-6-7-16/h8-13,15-16H,4-7H2,1-3H3. The third-order valence-electron chi connectivity index (χ3n) is 5.43. The van der Waals surface area contributed by atoms with Crippen LogP contribution in [0.15, 0.2) is 36.4 Å². The summed E-state index contributed by atoms with van der Waals surface area (Å²) in [4.78, 5) is 14.0. The molecule has 25 heavy (non-hydrogen) atoms. The van der Waals surface area contributed by atoms with E-state index in [-0.39, 0.29) is 5.97 Å². The third kappa shape index (κ3) is 3.28. The number of hydrogen-bond acceptors (Lipinski definition) is 3. The van der Waals surface area contributed by atoms with Gasteiger partial charge in [0.1, 0.15) is 0 Å². The number of methoxy groups -OCH3 is 1. The van der Waals surface area contributed by atoms with Crippen molar-refractivity contribution >= 4 is 17.3 Å². The second-order valence-corrected chi connectivity index (χ2v) is 7.46. The molecule has 130 valence electrons. The van der Waals surface area contributed by atoms with Gasteiger partial charge in [-0.25, -0.2) is 4.79 Å². The maximum Gasteiger partial charge on any atom is 0.337 e. The molecule has 0 bridgehead atoms. The van der Waals surface area contributed by atoms with Gasteiger partial charge in [-0.1, -0.05) is 6.07 Å². The molecule has 2 saturated carbocycles. The zero-order valence-corrected chi connectivity index (χ0v) is 15.2. The predicted octanol–water partition coefficient (Wildman–Crippen LogP) is 5.30. The Balaban J connectivity index is 1.68. The molecule has 0 unspecified atom stereocenters. The zero-order chi connectivity index (χ0) is 17.6. The van der Waals surface area contributed by atoms with Crippen LogP contribution in [0.2, 0.25) is 0 Å². The van der Waals surface area contributed by atoms with Crippen LogP contribution in [-0.2, 0) is 4.74 Å². The first-order valence-corrected chi connectivity index (χ1v) is 9.14. The van der Waals surface area contributed by atoms with Crippen molar-refractivity contribution in [1.29, 1.82) is 0 Å². The second kappa shape index (κ2) is 6.21. The van der Waals surface area contributed by atoms with Gasteiger partial charge >= 0.3 is 5.97 Å². The van der Waals surface area contributed by atoms with E-state index in [0.29, 0.717) is 5.56 Å². The van der Waals surface area contributed by atoms with Gasteiger partial charge in [-0.05, 0) is 91.5 Å². The molecule has 0 heterocycles. The van der Waals surface area contributed by atoms with Crippen molar-refractivity contribution in [2.75, 3.05) is 19.1 Å². The van der Waals surface area contributed by atoms with Crippen molar-refractivity contribution in [1.82, 2.24) is 0 Å². The number of hydrogen-bond donors (Lipinski definition) is 0. The van der Waals surface area contributed by atoms with Crippen LogP contribution in [0.1, 0.15) is 64.6 Å². The Morgan fingerprint density at radius 3 is 2.08 bits per heavy atom. The Labute approximate surface area is 149 Å². The minimum Gasteiger partial charge on any atom is -0.465 e. The SMILES string of the molecule is COC(=O)c1ccc(N(C)c2cc(C3CC3)cc(C3CC3)c2)c(C)c1. The molecule has 2 fully saturated rings. The van der Waals surface area contributed by atoms with Crippen molar-refractivity contribution in [3.8, 4) is 0 Å². The van der Waals surface area contributed by atoms with Gasteiger partial charge in [-0.3, -0.25) is 0 Å². The lowest BCUT2D eigenvalue weighted by Gasteiger charge is -2.24. The van der Waals surface area contributed by atoms with Crippen LogP contribution in [0, 0.1) is 6.92 Å². The number of rotatable bonds is 5. The monoisotopic (exact) mass is 335 g/mol. The fourth-order valence-corrected chi connectivity index (χ4v) is 3.57. The number of ether oxygens (including phenoxy) is 1. The molecule has 0 radical (unpaired) electrons. The first-order chi connectivity index (χ1) is 12.1. The minimum atomic E-state index is -0.288. The Kier molecular flexibility index (Phi) is 4.03. The molecular formula is C22H25NO2. The lowest BCUT2D eigenvalue weighted by molar-refractivity contribution is 0.0600. The predicted molar refractivity (Wildman–Crippen MR) is 101 cm³/mol. The number of anilines is 2. The van der Waals surface area contributed by atoms with E-state index < -0.39 is 0 Å². The van der Waals surface area contributed by atoms with Crippen LogP contribution < -0.4 is 4.90 Å². The smallest absolute Gasteiger partial charge is 0.337 e. The molecule has 0 N–H and O–H groups in total. The quantitative estimate of drug-likeness (QED) is 0.694. The van der Waals surface area contributed by atoms with Gasteiger partial charge in [0.15, 0.2) is 0 Å². The van der Waals surface area contributed by atoms with Gasteiger partial charge in [0.25, 0.3) is 0 Å².